The Morgan fingerprint density at radius 1 is 1.00 bits per heavy atom. The molecule has 4 fully saturated rings. The molecular formula is C18H23NO2. The van der Waals surface area contributed by atoms with Crippen molar-refractivity contribution in [3.63, 3.8) is 0 Å². The lowest BCUT2D eigenvalue weighted by Gasteiger charge is -2.54. The second-order valence-electron chi connectivity index (χ2n) is 7.16. The van der Waals surface area contributed by atoms with Gasteiger partial charge in [-0.25, -0.2) is 4.79 Å². The number of nitrogens with one attached hydrogen (secondary N) is 1. The summed E-state index contributed by atoms with van der Waals surface area (Å²) in [6, 6.07) is 10.2. The molecular weight excluding hydrogens is 262 g/mol. The van der Waals surface area contributed by atoms with Crippen LogP contribution in [0.5, 0.6) is 0 Å². The van der Waals surface area contributed by atoms with E-state index in [4.69, 9.17) is 4.74 Å². The van der Waals surface area contributed by atoms with Crippen LogP contribution < -0.4 is 5.32 Å². The molecule has 0 aliphatic heterocycles. The summed E-state index contributed by atoms with van der Waals surface area (Å²) in [4.78, 5) is 12.1. The van der Waals surface area contributed by atoms with Gasteiger partial charge in [-0.05, 0) is 61.3 Å². The molecule has 3 nitrogen and oxygen atoms in total. The molecule has 0 unspecified atom stereocenters. The first-order chi connectivity index (χ1) is 10.3. The van der Waals surface area contributed by atoms with Gasteiger partial charge in [0.15, 0.2) is 0 Å². The number of amides is 1. The highest BCUT2D eigenvalue weighted by Crippen LogP contribution is 2.53. The molecule has 1 amide bonds. The normalized spacial score (nSPS) is 36.5. The Morgan fingerprint density at radius 2 is 1.62 bits per heavy atom. The zero-order valence-corrected chi connectivity index (χ0v) is 12.3. The van der Waals surface area contributed by atoms with Crippen molar-refractivity contribution in [2.45, 2.75) is 44.8 Å². The van der Waals surface area contributed by atoms with E-state index in [0.29, 0.717) is 24.5 Å². The van der Waals surface area contributed by atoms with Gasteiger partial charge in [0.05, 0.1) is 0 Å². The molecule has 0 radical (unpaired) electrons. The van der Waals surface area contributed by atoms with Crippen LogP contribution in [0, 0.1) is 23.7 Å². The minimum atomic E-state index is -0.240. The number of benzene rings is 1. The maximum atomic E-state index is 12.1. The molecule has 4 aliphatic rings. The van der Waals surface area contributed by atoms with Gasteiger partial charge in [0, 0.05) is 6.04 Å². The van der Waals surface area contributed by atoms with Gasteiger partial charge in [-0.1, -0.05) is 30.3 Å². The molecule has 0 spiro atoms. The summed E-state index contributed by atoms with van der Waals surface area (Å²) >= 11 is 0. The van der Waals surface area contributed by atoms with Crippen molar-refractivity contribution < 1.29 is 9.53 Å². The van der Waals surface area contributed by atoms with E-state index in [1.54, 1.807) is 0 Å². The molecule has 0 heterocycles. The summed E-state index contributed by atoms with van der Waals surface area (Å²) < 4.78 is 5.38. The van der Waals surface area contributed by atoms with Crippen LogP contribution in [-0.2, 0) is 11.3 Å². The van der Waals surface area contributed by atoms with Crippen LogP contribution in [0.15, 0.2) is 30.3 Å². The molecule has 5 rings (SSSR count). The monoisotopic (exact) mass is 285 g/mol. The fraction of sp³-hybridized carbons (Fsp3) is 0.611. The zero-order valence-electron chi connectivity index (χ0n) is 12.3. The molecule has 1 aromatic rings. The summed E-state index contributed by atoms with van der Waals surface area (Å²) in [6.07, 6.45) is 6.47. The maximum Gasteiger partial charge on any atom is 0.407 e. The number of hydrogen-bond donors (Lipinski definition) is 1. The van der Waals surface area contributed by atoms with Crippen molar-refractivity contribution in [1.29, 1.82) is 0 Å². The zero-order chi connectivity index (χ0) is 14.2. The Balaban J connectivity index is 1.33. The lowest BCUT2D eigenvalue weighted by Crippen LogP contribution is -2.55. The van der Waals surface area contributed by atoms with E-state index in [2.05, 4.69) is 5.32 Å². The van der Waals surface area contributed by atoms with Crippen molar-refractivity contribution >= 4 is 6.09 Å². The number of carbonyl (C=O) groups is 1. The summed E-state index contributed by atoms with van der Waals surface area (Å²) in [6.45, 7) is 0.361. The average Bonchev–Trinajstić information content (AvgIpc) is 2.49. The molecule has 1 N–H and O–H groups in total. The van der Waals surface area contributed by atoms with Crippen molar-refractivity contribution in [3.8, 4) is 0 Å². The first-order valence-electron chi connectivity index (χ1n) is 8.25. The summed E-state index contributed by atoms with van der Waals surface area (Å²) in [5, 5.41) is 3.17. The van der Waals surface area contributed by atoms with Gasteiger partial charge in [0.25, 0.3) is 0 Å². The Hall–Kier alpha value is -1.51. The van der Waals surface area contributed by atoms with E-state index in [9.17, 15) is 4.79 Å². The maximum absolute atomic E-state index is 12.1. The molecule has 3 heteroatoms. The first-order valence-corrected chi connectivity index (χ1v) is 8.25. The van der Waals surface area contributed by atoms with E-state index in [1.807, 2.05) is 30.3 Å². The molecule has 4 saturated carbocycles. The minimum Gasteiger partial charge on any atom is -0.445 e. The Kier molecular flexibility index (Phi) is 3.36. The van der Waals surface area contributed by atoms with Crippen LogP contribution in [0.4, 0.5) is 4.79 Å². The van der Waals surface area contributed by atoms with Crippen LogP contribution in [0.3, 0.4) is 0 Å². The smallest absolute Gasteiger partial charge is 0.407 e. The van der Waals surface area contributed by atoms with E-state index in [1.165, 1.54) is 32.1 Å². The highest BCUT2D eigenvalue weighted by atomic mass is 16.5. The lowest BCUT2D eigenvalue weighted by molar-refractivity contribution is -0.0140. The predicted octanol–water partition coefficient (Wildman–Crippen LogP) is 3.74. The summed E-state index contributed by atoms with van der Waals surface area (Å²) in [5.74, 6) is 3.27. The van der Waals surface area contributed by atoms with Gasteiger partial charge in [-0.3, -0.25) is 0 Å². The third kappa shape index (κ3) is 2.66. The molecule has 0 atom stereocenters. The molecule has 1 aromatic carbocycles. The first kappa shape index (κ1) is 13.2. The van der Waals surface area contributed by atoms with E-state index in [0.717, 1.165) is 17.4 Å². The molecule has 4 aliphatic carbocycles. The molecule has 21 heavy (non-hydrogen) atoms. The topological polar surface area (TPSA) is 38.3 Å². The largest absolute Gasteiger partial charge is 0.445 e. The standard InChI is InChI=1S/C18H23NO2/c20-18(21-11-12-4-2-1-3-5-12)19-17-15-7-13-6-14(9-15)10-16(17)8-13/h1-5,13-17H,6-11H2,(H,19,20). The van der Waals surface area contributed by atoms with E-state index >= 15 is 0 Å². The third-order valence-electron chi connectivity index (χ3n) is 5.72. The Labute approximate surface area is 126 Å². The third-order valence-corrected chi connectivity index (χ3v) is 5.72. The van der Waals surface area contributed by atoms with Gasteiger partial charge >= 0.3 is 6.09 Å². The van der Waals surface area contributed by atoms with Gasteiger partial charge in [0.1, 0.15) is 6.61 Å². The SMILES string of the molecule is O=C(NC1C2CC3CC(C2)CC1C3)OCc1ccccc1. The summed E-state index contributed by atoms with van der Waals surface area (Å²) in [5.41, 5.74) is 1.04. The van der Waals surface area contributed by atoms with Crippen molar-refractivity contribution in [1.82, 2.24) is 5.32 Å². The number of alkyl carbamates (subject to hydrolysis) is 1. The number of rotatable bonds is 3. The van der Waals surface area contributed by atoms with Crippen LogP contribution in [-0.4, -0.2) is 12.1 Å². The van der Waals surface area contributed by atoms with Gasteiger partial charge in [-0.15, -0.1) is 0 Å². The fourth-order valence-electron chi connectivity index (χ4n) is 5.06. The second kappa shape index (κ2) is 5.36. The number of hydrogen-bond acceptors (Lipinski definition) is 2. The average molecular weight is 285 g/mol. The van der Waals surface area contributed by atoms with E-state index in [-0.39, 0.29) is 6.09 Å². The van der Waals surface area contributed by atoms with Crippen LogP contribution in [0.25, 0.3) is 0 Å². The second-order valence-corrected chi connectivity index (χ2v) is 7.16. The van der Waals surface area contributed by atoms with Crippen LogP contribution in [0.1, 0.15) is 37.7 Å². The Morgan fingerprint density at radius 3 is 2.24 bits per heavy atom. The predicted molar refractivity (Wildman–Crippen MR) is 80.6 cm³/mol. The highest BCUT2D eigenvalue weighted by Gasteiger charge is 2.48. The molecule has 4 bridgehead atoms. The minimum absolute atomic E-state index is 0.240. The van der Waals surface area contributed by atoms with Gasteiger partial charge in [-0.2, -0.15) is 0 Å². The molecule has 0 saturated heterocycles. The van der Waals surface area contributed by atoms with E-state index < -0.39 is 0 Å². The molecule has 0 aromatic heterocycles. The quantitative estimate of drug-likeness (QED) is 0.918. The van der Waals surface area contributed by atoms with Crippen LogP contribution >= 0.6 is 0 Å². The van der Waals surface area contributed by atoms with Gasteiger partial charge in [0.2, 0.25) is 0 Å². The Bertz CT molecular complexity index is 485. The van der Waals surface area contributed by atoms with Crippen molar-refractivity contribution in [2.75, 3.05) is 0 Å². The number of ether oxygens (including phenoxy) is 1. The highest BCUT2D eigenvalue weighted by molar-refractivity contribution is 5.67. The molecule has 112 valence electrons. The lowest BCUT2D eigenvalue weighted by atomic mass is 9.54. The fourth-order valence-corrected chi connectivity index (χ4v) is 5.06. The number of carbonyl (C=O) groups excluding carboxylic acids is 1. The van der Waals surface area contributed by atoms with Crippen molar-refractivity contribution in [2.24, 2.45) is 23.7 Å². The van der Waals surface area contributed by atoms with Gasteiger partial charge < -0.3 is 10.1 Å². The van der Waals surface area contributed by atoms with Crippen molar-refractivity contribution in [3.05, 3.63) is 35.9 Å². The van der Waals surface area contributed by atoms with Crippen LogP contribution in [0.2, 0.25) is 0 Å². The summed E-state index contributed by atoms with van der Waals surface area (Å²) in [7, 11) is 0.